The summed E-state index contributed by atoms with van der Waals surface area (Å²) in [6, 6.07) is 0. The summed E-state index contributed by atoms with van der Waals surface area (Å²) in [4.78, 5) is 11.8. The predicted molar refractivity (Wildman–Crippen MR) is 70.0 cm³/mol. The summed E-state index contributed by atoms with van der Waals surface area (Å²) in [5.41, 5.74) is -0.552. The van der Waals surface area contributed by atoms with Crippen LogP contribution in [0.4, 0.5) is 0 Å². The summed E-state index contributed by atoms with van der Waals surface area (Å²) >= 11 is 0. The standard InChI is InChI=1S/C12H22N2O3S/c1-12(5-7-18(16,17)9-12)14-11(15)3-2-10-4-6-13-8-10/h10,13H,2-9H2,1H3,(H,14,15). The van der Waals surface area contributed by atoms with Gasteiger partial charge in [0.2, 0.25) is 5.91 Å². The smallest absolute Gasteiger partial charge is 0.220 e. The Morgan fingerprint density at radius 1 is 1.50 bits per heavy atom. The molecule has 0 spiro atoms. The van der Waals surface area contributed by atoms with Crippen LogP contribution >= 0.6 is 0 Å². The van der Waals surface area contributed by atoms with E-state index in [-0.39, 0.29) is 17.4 Å². The fourth-order valence-electron chi connectivity index (χ4n) is 2.80. The minimum absolute atomic E-state index is 0.0125. The molecule has 6 heteroatoms. The van der Waals surface area contributed by atoms with Crippen LogP contribution in [0.25, 0.3) is 0 Å². The zero-order valence-corrected chi connectivity index (χ0v) is 11.7. The zero-order chi connectivity index (χ0) is 13.2. The van der Waals surface area contributed by atoms with E-state index in [1.807, 2.05) is 6.92 Å². The predicted octanol–water partition coefficient (Wildman–Crippen LogP) is 0.0695. The minimum Gasteiger partial charge on any atom is -0.350 e. The summed E-state index contributed by atoms with van der Waals surface area (Å²) in [7, 11) is -2.95. The van der Waals surface area contributed by atoms with Gasteiger partial charge in [-0.3, -0.25) is 4.79 Å². The summed E-state index contributed by atoms with van der Waals surface area (Å²) in [6.45, 7) is 3.87. The van der Waals surface area contributed by atoms with Crippen LogP contribution in [0.5, 0.6) is 0 Å². The second-order valence-electron chi connectivity index (χ2n) is 5.85. The molecule has 18 heavy (non-hydrogen) atoms. The Bertz CT molecular complexity index is 415. The van der Waals surface area contributed by atoms with E-state index in [2.05, 4.69) is 10.6 Å². The number of nitrogens with one attached hydrogen (secondary N) is 2. The highest BCUT2D eigenvalue weighted by Gasteiger charge is 2.39. The Morgan fingerprint density at radius 3 is 2.83 bits per heavy atom. The third-order valence-corrected chi connectivity index (χ3v) is 5.79. The van der Waals surface area contributed by atoms with Crippen molar-refractivity contribution in [2.24, 2.45) is 5.92 Å². The fraction of sp³-hybridized carbons (Fsp3) is 0.917. The number of sulfone groups is 1. The topological polar surface area (TPSA) is 75.3 Å². The van der Waals surface area contributed by atoms with Crippen molar-refractivity contribution < 1.29 is 13.2 Å². The molecular formula is C12H22N2O3S. The average Bonchev–Trinajstić information content (AvgIpc) is 2.84. The second kappa shape index (κ2) is 5.17. The zero-order valence-electron chi connectivity index (χ0n) is 10.9. The van der Waals surface area contributed by atoms with Crippen molar-refractivity contribution in [3.05, 3.63) is 0 Å². The van der Waals surface area contributed by atoms with Gasteiger partial charge in [0.15, 0.2) is 9.84 Å². The quantitative estimate of drug-likeness (QED) is 0.761. The van der Waals surface area contributed by atoms with Crippen molar-refractivity contribution in [2.45, 2.75) is 38.1 Å². The molecule has 1 amide bonds. The molecule has 2 saturated heterocycles. The first-order valence-corrected chi connectivity index (χ1v) is 8.43. The maximum absolute atomic E-state index is 11.8. The molecule has 0 bridgehead atoms. The lowest BCUT2D eigenvalue weighted by Gasteiger charge is -2.24. The number of hydrogen-bond acceptors (Lipinski definition) is 4. The van der Waals surface area contributed by atoms with Gasteiger partial charge in [0.05, 0.1) is 17.0 Å². The molecule has 2 fully saturated rings. The monoisotopic (exact) mass is 274 g/mol. The molecule has 104 valence electrons. The number of amides is 1. The lowest BCUT2D eigenvalue weighted by atomic mass is 9.99. The number of hydrogen-bond donors (Lipinski definition) is 2. The SMILES string of the molecule is CC1(NC(=O)CCC2CCNC2)CCS(=O)(=O)C1. The lowest BCUT2D eigenvalue weighted by molar-refractivity contribution is -0.122. The minimum atomic E-state index is -2.95. The Morgan fingerprint density at radius 2 is 2.28 bits per heavy atom. The van der Waals surface area contributed by atoms with Gasteiger partial charge in [0.1, 0.15) is 0 Å². The van der Waals surface area contributed by atoms with Crippen LogP contribution in [0.1, 0.15) is 32.6 Å². The first-order chi connectivity index (χ1) is 8.39. The molecule has 2 atom stereocenters. The van der Waals surface area contributed by atoms with Crippen molar-refractivity contribution in [1.82, 2.24) is 10.6 Å². The Balaban J connectivity index is 1.77. The summed E-state index contributed by atoms with van der Waals surface area (Å²) < 4.78 is 22.9. The van der Waals surface area contributed by atoms with E-state index in [4.69, 9.17) is 0 Å². The van der Waals surface area contributed by atoms with Crippen molar-refractivity contribution in [1.29, 1.82) is 0 Å². The van der Waals surface area contributed by atoms with Gasteiger partial charge < -0.3 is 10.6 Å². The normalized spacial score (nSPS) is 34.6. The average molecular weight is 274 g/mol. The third-order valence-electron chi connectivity index (χ3n) is 3.89. The van der Waals surface area contributed by atoms with Crippen LogP contribution in [-0.2, 0) is 14.6 Å². The van der Waals surface area contributed by atoms with E-state index in [1.54, 1.807) is 0 Å². The maximum Gasteiger partial charge on any atom is 0.220 e. The molecule has 2 aliphatic heterocycles. The van der Waals surface area contributed by atoms with Gasteiger partial charge in [-0.1, -0.05) is 0 Å². The molecule has 2 N–H and O–H groups in total. The van der Waals surface area contributed by atoms with E-state index < -0.39 is 15.4 Å². The first-order valence-electron chi connectivity index (χ1n) is 6.61. The Kier molecular flexibility index (Phi) is 3.96. The largest absolute Gasteiger partial charge is 0.350 e. The van der Waals surface area contributed by atoms with Crippen molar-refractivity contribution in [3.63, 3.8) is 0 Å². The second-order valence-corrected chi connectivity index (χ2v) is 8.03. The van der Waals surface area contributed by atoms with Crippen molar-refractivity contribution in [3.8, 4) is 0 Å². The van der Waals surface area contributed by atoms with Gasteiger partial charge in [0.25, 0.3) is 0 Å². The highest BCUT2D eigenvalue weighted by molar-refractivity contribution is 7.91. The molecule has 0 saturated carbocycles. The van der Waals surface area contributed by atoms with Crippen molar-refractivity contribution >= 4 is 15.7 Å². The van der Waals surface area contributed by atoms with E-state index in [1.165, 1.54) is 0 Å². The Labute approximate surface area is 109 Å². The van der Waals surface area contributed by atoms with E-state index in [0.29, 0.717) is 18.8 Å². The van der Waals surface area contributed by atoms with E-state index >= 15 is 0 Å². The van der Waals surface area contributed by atoms with Crippen molar-refractivity contribution in [2.75, 3.05) is 24.6 Å². The lowest BCUT2D eigenvalue weighted by Crippen LogP contribution is -2.46. The van der Waals surface area contributed by atoms with Gasteiger partial charge in [-0.15, -0.1) is 0 Å². The molecule has 2 heterocycles. The summed E-state index contributed by atoms with van der Waals surface area (Å²) in [6.07, 6.45) is 3.06. The Hall–Kier alpha value is -0.620. The number of rotatable bonds is 4. The molecule has 0 aliphatic carbocycles. The highest BCUT2D eigenvalue weighted by Crippen LogP contribution is 2.23. The first kappa shape index (κ1) is 13.8. The van der Waals surface area contributed by atoms with Gasteiger partial charge in [-0.25, -0.2) is 8.42 Å². The van der Waals surface area contributed by atoms with Gasteiger partial charge in [-0.05, 0) is 45.2 Å². The van der Waals surface area contributed by atoms with Crippen LogP contribution in [0, 0.1) is 5.92 Å². The third kappa shape index (κ3) is 3.68. The van der Waals surface area contributed by atoms with Crippen LogP contribution in [0.2, 0.25) is 0 Å². The fourth-order valence-corrected chi connectivity index (χ4v) is 4.90. The van der Waals surface area contributed by atoms with Crippen LogP contribution in [-0.4, -0.2) is 44.5 Å². The molecule has 2 unspecified atom stereocenters. The maximum atomic E-state index is 11.8. The van der Waals surface area contributed by atoms with Gasteiger partial charge >= 0.3 is 0 Å². The molecule has 5 nitrogen and oxygen atoms in total. The van der Waals surface area contributed by atoms with E-state index in [9.17, 15) is 13.2 Å². The summed E-state index contributed by atoms with van der Waals surface area (Å²) in [5, 5.41) is 6.17. The van der Waals surface area contributed by atoms with Gasteiger partial charge in [-0.2, -0.15) is 0 Å². The van der Waals surface area contributed by atoms with Crippen LogP contribution < -0.4 is 10.6 Å². The van der Waals surface area contributed by atoms with Crippen LogP contribution in [0.15, 0.2) is 0 Å². The molecule has 0 aromatic rings. The number of carbonyl (C=O) groups excluding carboxylic acids is 1. The van der Waals surface area contributed by atoms with Gasteiger partial charge in [0, 0.05) is 6.42 Å². The molecular weight excluding hydrogens is 252 g/mol. The van der Waals surface area contributed by atoms with Crippen LogP contribution in [0.3, 0.4) is 0 Å². The molecule has 0 aromatic carbocycles. The molecule has 0 radical (unpaired) electrons. The van der Waals surface area contributed by atoms with E-state index in [0.717, 1.165) is 25.9 Å². The molecule has 2 rings (SSSR count). The number of carbonyl (C=O) groups is 1. The summed E-state index contributed by atoms with van der Waals surface area (Å²) in [5.74, 6) is 0.852. The molecule has 0 aromatic heterocycles. The molecule has 2 aliphatic rings. The highest BCUT2D eigenvalue weighted by atomic mass is 32.2.